The maximum absolute atomic E-state index is 13.7. The molecule has 5 unspecified atom stereocenters. The van der Waals surface area contributed by atoms with Crippen LogP contribution in [0.3, 0.4) is 0 Å². The molecule has 0 amide bonds. The van der Waals surface area contributed by atoms with Crippen LogP contribution in [0, 0.1) is 6.92 Å². The highest BCUT2D eigenvalue weighted by Gasteiger charge is 2.71. The SMILES string of the molecule is [2H]c1sc(C(O)(C(=O)OC2CC3C4OC4C(C2)[N+]3(C([2H])([2H])[2H])C([2H])([2H])[2H])c2sc(C)c([2H])c2[2H])c([2H])c1[2H]. The summed E-state index contributed by atoms with van der Waals surface area (Å²) in [6.07, 6.45) is -2.57. The number of carbonyl (C=O) groups excluding carboxylic acids is 1. The third-order valence-electron chi connectivity index (χ3n) is 5.59. The van der Waals surface area contributed by atoms with Crippen LogP contribution in [0.25, 0.3) is 0 Å². The molecule has 5 nitrogen and oxygen atoms in total. The van der Waals surface area contributed by atoms with Gasteiger partial charge in [0.1, 0.15) is 30.4 Å². The first kappa shape index (κ1) is 9.50. The molecule has 144 valence electrons. The zero-order valence-corrected chi connectivity index (χ0v) is 15.9. The van der Waals surface area contributed by atoms with Crippen LogP contribution in [0.4, 0.5) is 0 Å². The molecule has 27 heavy (non-hydrogen) atoms. The van der Waals surface area contributed by atoms with Crippen LogP contribution >= 0.6 is 22.7 Å². The zero-order chi connectivity index (χ0) is 28.3. The molecule has 3 aliphatic rings. The molecule has 0 aliphatic carbocycles. The van der Waals surface area contributed by atoms with Crippen molar-refractivity contribution in [3.63, 3.8) is 0 Å². The minimum absolute atomic E-state index is 0.164. The Balaban J connectivity index is 1.53. The maximum atomic E-state index is 13.7. The number of ether oxygens (including phenoxy) is 2. The van der Waals surface area contributed by atoms with Crippen LogP contribution in [0.1, 0.15) is 42.6 Å². The molecule has 0 spiro atoms. The summed E-state index contributed by atoms with van der Waals surface area (Å²) < 4.78 is 99.3. The fourth-order valence-corrected chi connectivity index (χ4v) is 5.73. The largest absolute Gasteiger partial charge is 0.459 e. The van der Waals surface area contributed by atoms with Crippen molar-refractivity contribution in [2.24, 2.45) is 0 Å². The molecule has 1 N–H and O–H groups in total. The quantitative estimate of drug-likeness (QED) is 0.472. The molecule has 0 saturated carbocycles. The van der Waals surface area contributed by atoms with Crippen molar-refractivity contribution in [2.45, 2.75) is 55.8 Å². The van der Waals surface area contributed by atoms with E-state index in [4.69, 9.17) is 24.6 Å². The number of carbonyl (C=O) groups is 1. The predicted octanol–water partition coefficient (Wildman–Crippen LogP) is 2.65. The van der Waals surface area contributed by atoms with E-state index < -0.39 is 83.4 Å². The predicted molar refractivity (Wildman–Crippen MR) is 104 cm³/mol. The van der Waals surface area contributed by atoms with E-state index >= 15 is 0 Å². The Kier molecular flexibility index (Phi) is 2.07. The van der Waals surface area contributed by atoms with Gasteiger partial charge in [0, 0.05) is 17.7 Å². The number of likely N-dealkylation sites (N-methyl/N-ethyl adjacent to an activating group) is 1. The van der Waals surface area contributed by atoms with E-state index in [1.54, 1.807) is 0 Å². The average Bonchev–Trinajstić information content (AvgIpc) is 3.46. The Morgan fingerprint density at radius 3 is 2.63 bits per heavy atom. The summed E-state index contributed by atoms with van der Waals surface area (Å²) in [7, 11) is 0. The summed E-state index contributed by atoms with van der Waals surface area (Å²) in [6.45, 7) is -4.26. The van der Waals surface area contributed by atoms with Gasteiger partial charge in [0.25, 0.3) is 0 Å². The molecular formula is C20H24NO4S2+. The summed E-state index contributed by atoms with van der Waals surface area (Å²) >= 11 is 1.30. The van der Waals surface area contributed by atoms with Crippen LogP contribution in [0.15, 0.2) is 29.5 Å². The lowest BCUT2D eigenvalue weighted by atomic mass is 9.95. The summed E-state index contributed by atoms with van der Waals surface area (Å²) in [5.41, 5.74) is -2.77. The van der Waals surface area contributed by atoms with E-state index in [0.717, 1.165) is 11.3 Å². The number of nitrogens with zero attached hydrogens (tertiary/aromatic N) is 1. The van der Waals surface area contributed by atoms with Gasteiger partial charge in [0.2, 0.25) is 5.60 Å². The second-order valence-electron chi connectivity index (χ2n) is 7.21. The standard InChI is InChI=1S/C20H24NO4S2/c1-11-6-7-16(27-11)20(23,15-5-4-8-26-15)19(22)24-12-9-13-17-18(25-17)14(10-12)21(13,2)3/h4-8,12-14,17-18,23H,9-10H2,1-3H3/q+1/i2D3,3D3,4D,5D,6D,7D,8D. The number of morpholine rings is 1. The molecule has 2 aromatic heterocycles. The van der Waals surface area contributed by atoms with Gasteiger partial charge in [-0.1, -0.05) is 6.04 Å². The average molecular weight is 418 g/mol. The van der Waals surface area contributed by atoms with E-state index in [9.17, 15) is 9.90 Å². The number of quaternary nitrogens is 1. The van der Waals surface area contributed by atoms with Gasteiger partial charge in [-0.3, -0.25) is 0 Å². The highest BCUT2D eigenvalue weighted by atomic mass is 32.1. The molecule has 0 aromatic carbocycles. The summed E-state index contributed by atoms with van der Waals surface area (Å²) in [6, 6.07) is -3.84. The molecule has 5 rings (SSSR count). The van der Waals surface area contributed by atoms with Crippen molar-refractivity contribution in [3.05, 3.63) is 44.2 Å². The second-order valence-corrected chi connectivity index (χ2v) is 9.25. The van der Waals surface area contributed by atoms with Gasteiger partial charge in [-0.05, 0) is 30.4 Å². The van der Waals surface area contributed by atoms with Crippen molar-refractivity contribution < 1.29 is 38.9 Å². The van der Waals surface area contributed by atoms with Crippen LogP contribution in [-0.4, -0.2) is 59.9 Å². The van der Waals surface area contributed by atoms with E-state index in [0.29, 0.717) is 16.2 Å². The Morgan fingerprint density at radius 1 is 1.33 bits per heavy atom. The Morgan fingerprint density at radius 2 is 2.07 bits per heavy atom. The molecule has 3 aliphatic heterocycles. The molecule has 7 heteroatoms. The smallest absolute Gasteiger partial charge is 0.349 e. The Bertz CT molecular complexity index is 1230. The second kappa shape index (κ2) is 5.87. The molecule has 5 atom stereocenters. The molecule has 5 heterocycles. The summed E-state index contributed by atoms with van der Waals surface area (Å²) in [5, 5.41) is 11.4. The topological polar surface area (TPSA) is 59.1 Å². The third-order valence-corrected chi connectivity index (χ3v) is 7.40. The molecule has 2 bridgehead atoms. The number of fused-ring (bicyclic) bond motifs is 5. The third kappa shape index (κ3) is 2.56. The molecule has 3 saturated heterocycles. The lowest BCUT2D eigenvalue weighted by Crippen LogP contribution is -2.60. The van der Waals surface area contributed by atoms with Crippen molar-refractivity contribution in [1.82, 2.24) is 0 Å². The van der Waals surface area contributed by atoms with Crippen molar-refractivity contribution in [3.8, 4) is 0 Å². The number of epoxide rings is 1. The maximum Gasteiger partial charge on any atom is 0.349 e. The van der Waals surface area contributed by atoms with Crippen LogP contribution in [0.2, 0.25) is 0 Å². The first-order valence-corrected chi connectivity index (χ1v) is 10.1. The monoisotopic (exact) mass is 417 g/mol. The first-order valence-electron chi connectivity index (χ1n) is 14.0. The van der Waals surface area contributed by atoms with Gasteiger partial charge in [-0.15, -0.1) is 22.7 Å². The fraction of sp³-hybridized carbons (Fsp3) is 0.550. The lowest BCUT2D eigenvalue weighted by Gasteiger charge is -2.45. The minimum atomic E-state index is -2.89. The van der Waals surface area contributed by atoms with Crippen LogP contribution in [0.5, 0.6) is 0 Å². The highest BCUT2D eigenvalue weighted by Crippen LogP contribution is 2.52. The molecule has 2 aromatic rings. The number of hydrogen-bond donors (Lipinski definition) is 1. The van der Waals surface area contributed by atoms with Gasteiger partial charge in [-0.2, -0.15) is 0 Å². The number of aryl methyl sites for hydroxylation is 1. The highest BCUT2D eigenvalue weighted by molar-refractivity contribution is 7.13. The van der Waals surface area contributed by atoms with Crippen LogP contribution in [-0.2, 0) is 19.9 Å². The van der Waals surface area contributed by atoms with Gasteiger partial charge in [0.15, 0.2) is 0 Å². The molecule has 0 radical (unpaired) electrons. The number of aliphatic hydroxyl groups is 1. The number of esters is 1. The van der Waals surface area contributed by atoms with Gasteiger partial charge < -0.3 is 19.1 Å². The first-order chi connectivity index (χ1) is 17.4. The van der Waals surface area contributed by atoms with Gasteiger partial charge >= 0.3 is 5.97 Å². The number of rotatable bonds is 4. The Hall–Kier alpha value is -1.25. The van der Waals surface area contributed by atoms with E-state index in [2.05, 4.69) is 0 Å². The van der Waals surface area contributed by atoms with E-state index in [1.807, 2.05) is 0 Å². The van der Waals surface area contributed by atoms with E-state index in [-0.39, 0.29) is 29.1 Å². The minimum Gasteiger partial charge on any atom is -0.459 e. The van der Waals surface area contributed by atoms with Gasteiger partial charge in [0.05, 0.1) is 38.8 Å². The number of thiophene rings is 2. The van der Waals surface area contributed by atoms with Crippen molar-refractivity contribution in [2.75, 3.05) is 14.0 Å². The number of piperidine rings is 1. The summed E-state index contributed by atoms with van der Waals surface area (Å²) in [4.78, 5) is 13.3. The fourth-order valence-electron chi connectivity index (χ4n) is 4.18. The normalized spacial score (nSPS) is 42.1. The lowest BCUT2D eigenvalue weighted by molar-refractivity contribution is -0.938. The molecular weight excluding hydrogens is 382 g/mol. The van der Waals surface area contributed by atoms with Crippen molar-refractivity contribution >= 4 is 28.6 Å². The molecule has 3 fully saturated rings. The van der Waals surface area contributed by atoms with E-state index in [1.165, 1.54) is 6.92 Å². The summed E-state index contributed by atoms with van der Waals surface area (Å²) in [5.74, 6) is -1.30. The Labute approximate surface area is 182 Å². The number of hydrogen-bond acceptors (Lipinski definition) is 6. The zero-order valence-electron chi connectivity index (χ0n) is 25.2. The van der Waals surface area contributed by atoms with Gasteiger partial charge in [-0.25, -0.2) is 4.79 Å². The van der Waals surface area contributed by atoms with Crippen molar-refractivity contribution in [1.29, 1.82) is 0 Å². The van der Waals surface area contributed by atoms with Crippen LogP contribution < -0.4 is 0 Å².